The van der Waals surface area contributed by atoms with E-state index in [4.69, 9.17) is 0 Å². The molecule has 1 aliphatic heterocycles. The lowest BCUT2D eigenvalue weighted by Crippen LogP contribution is -2.47. The molecule has 1 saturated heterocycles. The summed E-state index contributed by atoms with van der Waals surface area (Å²) in [6.45, 7) is 4.10. The van der Waals surface area contributed by atoms with E-state index < -0.39 is 0 Å². The lowest BCUT2D eigenvalue weighted by atomic mass is 10.0. The van der Waals surface area contributed by atoms with E-state index in [0.717, 1.165) is 19.5 Å². The van der Waals surface area contributed by atoms with Crippen molar-refractivity contribution in [2.75, 3.05) is 13.1 Å². The molecule has 1 aliphatic carbocycles. The SMILES string of the molecule is CC1(CNC(=O)C2CCCCN2)CC1. The van der Waals surface area contributed by atoms with Crippen LogP contribution in [0.3, 0.4) is 0 Å². The van der Waals surface area contributed by atoms with Gasteiger partial charge in [-0.3, -0.25) is 4.79 Å². The second kappa shape index (κ2) is 3.89. The number of carbonyl (C=O) groups is 1. The van der Waals surface area contributed by atoms with Gasteiger partial charge in [0.15, 0.2) is 0 Å². The van der Waals surface area contributed by atoms with E-state index in [9.17, 15) is 4.79 Å². The molecule has 1 unspecified atom stereocenters. The Morgan fingerprint density at radius 2 is 2.29 bits per heavy atom. The third-order valence-electron chi connectivity index (χ3n) is 3.42. The minimum Gasteiger partial charge on any atom is -0.354 e. The van der Waals surface area contributed by atoms with Gasteiger partial charge in [-0.1, -0.05) is 13.3 Å². The zero-order valence-corrected chi connectivity index (χ0v) is 8.94. The average molecular weight is 196 g/mol. The van der Waals surface area contributed by atoms with Gasteiger partial charge in [0.05, 0.1) is 6.04 Å². The molecule has 2 rings (SSSR count). The molecule has 3 nitrogen and oxygen atoms in total. The Morgan fingerprint density at radius 3 is 2.86 bits per heavy atom. The Morgan fingerprint density at radius 1 is 1.50 bits per heavy atom. The second-order valence-corrected chi connectivity index (χ2v) is 5.03. The van der Waals surface area contributed by atoms with E-state index in [0.29, 0.717) is 5.41 Å². The number of amides is 1. The highest BCUT2D eigenvalue weighted by molar-refractivity contribution is 5.81. The number of rotatable bonds is 3. The lowest BCUT2D eigenvalue weighted by Gasteiger charge is -2.23. The maximum absolute atomic E-state index is 11.7. The molecule has 3 heteroatoms. The minimum absolute atomic E-state index is 0.0751. The number of hydrogen-bond donors (Lipinski definition) is 2. The normalized spacial score (nSPS) is 29.6. The molecular weight excluding hydrogens is 176 g/mol. The third-order valence-corrected chi connectivity index (χ3v) is 3.42. The van der Waals surface area contributed by atoms with Gasteiger partial charge in [-0.05, 0) is 37.6 Å². The predicted molar refractivity (Wildman–Crippen MR) is 56.0 cm³/mol. The van der Waals surface area contributed by atoms with Crippen LogP contribution in [0.2, 0.25) is 0 Å². The maximum Gasteiger partial charge on any atom is 0.237 e. The quantitative estimate of drug-likeness (QED) is 0.708. The number of piperidine rings is 1. The highest BCUT2D eigenvalue weighted by Gasteiger charge is 2.37. The fraction of sp³-hybridized carbons (Fsp3) is 0.909. The van der Waals surface area contributed by atoms with Crippen molar-refractivity contribution in [3.8, 4) is 0 Å². The highest BCUT2D eigenvalue weighted by Crippen LogP contribution is 2.44. The Hall–Kier alpha value is -0.570. The van der Waals surface area contributed by atoms with Crippen molar-refractivity contribution in [1.29, 1.82) is 0 Å². The molecular formula is C11H20N2O. The monoisotopic (exact) mass is 196 g/mol. The van der Waals surface area contributed by atoms with Gasteiger partial charge >= 0.3 is 0 Å². The third kappa shape index (κ3) is 2.47. The standard InChI is InChI=1S/C11H20N2O/c1-11(5-6-11)8-13-10(14)9-4-2-3-7-12-9/h9,12H,2-8H2,1H3,(H,13,14). The van der Waals surface area contributed by atoms with Crippen LogP contribution in [0.4, 0.5) is 0 Å². The molecule has 0 radical (unpaired) electrons. The van der Waals surface area contributed by atoms with Crippen LogP contribution in [0.5, 0.6) is 0 Å². The van der Waals surface area contributed by atoms with Gasteiger partial charge in [-0.25, -0.2) is 0 Å². The average Bonchev–Trinajstić information content (AvgIpc) is 2.95. The van der Waals surface area contributed by atoms with Crippen LogP contribution in [-0.4, -0.2) is 25.0 Å². The van der Waals surface area contributed by atoms with Gasteiger partial charge in [0, 0.05) is 6.54 Å². The molecule has 0 aromatic carbocycles. The fourth-order valence-corrected chi connectivity index (χ4v) is 1.89. The van der Waals surface area contributed by atoms with Crippen LogP contribution in [0.1, 0.15) is 39.0 Å². The van der Waals surface area contributed by atoms with Crippen LogP contribution in [0.15, 0.2) is 0 Å². The topological polar surface area (TPSA) is 41.1 Å². The highest BCUT2D eigenvalue weighted by atomic mass is 16.2. The summed E-state index contributed by atoms with van der Waals surface area (Å²) in [4.78, 5) is 11.7. The van der Waals surface area contributed by atoms with Crippen molar-refractivity contribution in [3.63, 3.8) is 0 Å². The van der Waals surface area contributed by atoms with E-state index in [1.165, 1.54) is 25.7 Å². The van der Waals surface area contributed by atoms with Gasteiger partial charge in [-0.15, -0.1) is 0 Å². The van der Waals surface area contributed by atoms with Crippen molar-refractivity contribution in [2.24, 2.45) is 5.41 Å². The van der Waals surface area contributed by atoms with E-state index in [1.807, 2.05) is 0 Å². The van der Waals surface area contributed by atoms with E-state index in [2.05, 4.69) is 17.6 Å². The van der Waals surface area contributed by atoms with Gasteiger partial charge in [0.25, 0.3) is 0 Å². The molecule has 2 aliphatic rings. The van der Waals surface area contributed by atoms with E-state index in [1.54, 1.807) is 0 Å². The van der Waals surface area contributed by atoms with Crippen molar-refractivity contribution in [3.05, 3.63) is 0 Å². The second-order valence-electron chi connectivity index (χ2n) is 5.03. The predicted octanol–water partition coefficient (Wildman–Crippen LogP) is 1.04. The number of hydrogen-bond acceptors (Lipinski definition) is 2. The first kappa shape index (κ1) is 9.97. The van der Waals surface area contributed by atoms with E-state index in [-0.39, 0.29) is 11.9 Å². The smallest absolute Gasteiger partial charge is 0.237 e. The first-order valence-corrected chi connectivity index (χ1v) is 5.71. The zero-order chi connectivity index (χ0) is 10.0. The number of carbonyl (C=O) groups excluding carboxylic acids is 1. The molecule has 2 N–H and O–H groups in total. The summed E-state index contributed by atoms with van der Waals surface area (Å²) in [5.74, 6) is 0.206. The Kier molecular flexibility index (Phi) is 2.77. The molecule has 0 spiro atoms. The molecule has 1 amide bonds. The Balaban J connectivity index is 1.71. The summed E-state index contributed by atoms with van der Waals surface area (Å²) in [6.07, 6.45) is 5.93. The van der Waals surface area contributed by atoms with Crippen LogP contribution >= 0.6 is 0 Å². The summed E-state index contributed by atoms with van der Waals surface area (Å²) in [7, 11) is 0. The van der Waals surface area contributed by atoms with Crippen LogP contribution in [0, 0.1) is 5.41 Å². The summed E-state index contributed by atoms with van der Waals surface area (Å²) in [6, 6.07) is 0.0751. The maximum atomic E-state index is 11.7. The minimum atomic E-state index is 0.0751. The summed E-state index contributed by atoms with van der Waals surface area (Å²) < 4.78 is 0. The first-order valence-electron chi connectivity index (χ1n) is 5.71. The Labute approximate surface area is 85.6 Å². The van der Waals surface area contributed by atoms with Crippen molar-refractivity contribution in [1.82, 2.24) is 10.6 Å². The van der Waals surface area contributed by atoms with Crippen LogP contribution in [0.25, 0.3) is 0 Å². The summed E-state index contributed by atoms with van der Waals surface area (Å²) in [5.41, 5.74) is 0.421. The first-order chi connectivity index (χ1) is 6.70. The fourth-order valence-electron chi connectivity index (χ4n) is 1.89. The van der Waals surface area contributed by atoms with Gasteiger partial charge in [0.2, 0.25) is 5.91 Å². The molecule has 14 heavy (non-hydrogen) atoms. The molecule has 0 aromatic rings. The van der Waals surface area contributed by atoms with Crippen molar-refractivity contribution < 1.29 is 4.79 Å². The van der Waals surface area contributed by atoms with Crippen LogP contribution < -0.4 is 10.6 Å². The van der Waals surface area contributed by atoms with E-state index >= 15 is 0 Å². The van der Waals surface area contributed by atoms with Gasteiger partial charge < -0.3 is 10.6 Å². The molecule has 0 bridgehead atoms. The summed E-state index contributed by atoms with van der Waals surface area (Å²) >= 11 is 0. The van der Waals surface area contributed by atoms with Crippen LogP contribution in [-0.2, 0) is 4.79 Å². The Bertz CT molecular complexity index is 217. The van der Waals surface area contributed by atoms with Crippen molar-refractivity contribution >= 4 is 5.91 Å². The van der Waals surface area contributed by atoms with Gasteiger partial charge in [-0.2, -0.15) is 0 Å². The largest absolute Gasteiger partial charge is 0.354 e. The molecule has 1 heterocycles. The lowest BCUT2D eigenvalue weighted by molar-refractivity contribution is -0.123. The zero-order valence-electron chi connectivity index (χ0n) is 8.94. The molecule has 1 saturated carbocycles. The molecule has 1 atom stereocenters. The molecule has 2 fully saturated rings. The number of nitrogens with one attached hydrogen (secondary N) is 2. The van der Waals surface area contributed by atoms with Crippen molar-refractivity contribution in [2.45, 2.75) is 45.1 Å². The molecule has 80 valence electrons. The van der Waals surface area contributed by atoms with Gasteiger partial charge in [0.1, 0.15) is 0 Å². The molecule has 0 aromatic heterocycles. The summed E-state index contributed by atoms with van der Waals surface area (Å²) in [5, 5.41) is 6.32.